The predicted octanol–water partition coefficient (Wildman–Crippen LogP) is 5.60. The SMILES string of the molecule is CC(C)(C)OC(=O)N1CCC([C@](C)(S)N2CC3(CCN(c4ncnc5sc(CC(F)(F)F)cc45)C3)C2)CC1. The average Bonchev–Trinajstić information content (AvgIpc) is 3.40. The van der Waals surface area contributed by atoms with Crippen LogP contribution in [0.15, 0.2) is 12.4 Å². The number of alkyl halides is 3. The molecule has 1 amide bonds. The van der Waals surface area contributed by atoms with E-state index in [0.29, 0.717) is 29.2 Å². The number of thiophene rings is 1. The molecule has 0 radical (unpaired) electrons. The molecule has 7 nitrogen and oxygen atoms in total. The van der Waals surface area contributed by atoms with Gasteiger partial charge in [0.15, 0.2) is 0 Å². The second-order valence-electron chi connectivity index (χ2n) is 12.3. The number of hydrogen-bond donors (Lipinski definition) is 1. The van der Waals surface area contributed by atoms with Crippen LogP contribution < -0.4 is 4.90 Å². The van der Waals surface area contributed by atoms with E-state index >= 15 is 0 Å². The zero-order valence-electron chi connectivity index (χ0n) is 22.3. The van der Waals surface area contributed by atoms with E-state index in [1.54, 1.807) is 11.0 Å². The van der Waals surface area contributed by atoms with Crippen LogP contribution in [-0.2, 0) is 11.2 Å². The molecule has 0 aliphatic carbocycles. The maximum absolute atomic E-state index is 12.9. The molecule has 38 heavy (non-hydrogen) atoms. The molecule has 210 valence electrons. The van der Waals surface area contributed by atoms with E-state index in [4.69, 9.17) is 17.4 Å². The number of likely N-dealkylation sites (tertiary alicyclic amines) is 2. The molecular weight excluding hydrogens is 535 g/mol. The first-order valence-electron chi connectivity index (χ1n) is 13.1. The van der Waals surface area contributed by atoms with Gasteiger partial charge in [-0.2, -0.15) is 25.8 Å². The predicted molar refractivity (Wildman–Crippen MR) is 146 cm³/mol. The highest BCUT2D eigenvalue weighted by atomic mass is 32.1. The monoisotopic (exact) mass is 571 g/mol. The summed E-state index contributed by atoms with van der Waals surface area (Å²) in [7, 11) is 0. The number of anilines is 1. The molecule has 1 atom stereocenters. The largest absolute Gasteiger partial charge is 0.444 e. The van der Waals surface area contributed by atoms with Gasteiger partial charge in [-0.3, -0.25) is 4.90 Å². The van der Waals surface area contributed by atoms with Gasteiger partial charge in [-0.25, -0.2) is 14.8 Å². The van der Waals surface area contributed by atoms with Gasteiger partial charge in [0.1, 0.15) is 22.6 Å². The van der Waals surface area contributed by atoms with Crippen molar-refractivity contribution < 1.29 is 22.7 Å². The minimum Gasteiger partial charge on any atom is -0.444 e. The highest BCUT2D eigenvalue weighted by molar-refractivity contribution is 7.81. The fourth-order valence-electron chi connectivity index (χ4n) is 6.08. The summed E-state index contributed by atoms with van der Waals surface area (Å²) in [6.07, 6.45) is -1.20. The zero-order valence-corrected chi connectivity index (χ0v) is 24.1. The fraction of sp³-hybridized carbons (Fsp3) is 0.731. The Hall–Kier alpha value is -1.79. The summed E-state index contributed by atoms with van der Waals surface area (Å²) in [6.45, 7) is 12.7. The Balaban J connectivity index is 1.19. The van der Waals surface area contributed by atoms with Crippen molar-refractivity contribution >= 4 is 46.1 Å². The maximum atomic E-state index is 12.9. The summed E-state index contributed by atoms with van der Waals surface area (Å²) in [4.78, 5) is 28.2. The van der Waals surface area contributed by atoms with Crippen LogP contribution in [0.4, 0.5) is 23.8 Å². The summed E-state index contributed by atoms with van der Waals surface area (Å²) in [5.74, 6) is 1.09. The lowest BCUT2D eigenvalue weighted by molar-refractivity contribution is -0.126. The normalized spacial score (nSPS) is 22.6. The number of halogens is 3. The van der Waals surface area contributed by atoms with Crippen molar-refractivity contribution in [2.24, 2.45) is 11.3 Å². The number of rotatable bonds is 4. The van der Waals surface area contributed by atoms with Gasteiger partial charge in [0.2, 0.25) is 0 Å². The molecule has 3 fully saturated rings. The molecule has 0 aromatic carbocycles. The molecule has 0 unspecified atom stereocenters. The molecule has 3 aliphatic heterocycles. The van der Waals surface area contributed by atoms with Gasteiger partial charge in [-0.15, -0.1) is 11.3 Å². The van der Waals surface area contributed by atoms with Crippen molar-refractivity contribution in [1.29, 1.82) is 0 Å². The molecule has 1 spiro atoms. The minimum atomic E-state index is -4.24. The summed E-state index contributed by atoms with van der Waals surface area (Å²) < 4.78 is 44.3. The standard InChI is InChI=1S/C26H36F3N5O2S2/c1-23(2,3)36-22(35)32-8-5-17(6-9-32)24(4,37)34-14-25(15-34)7-10-33(13-25)20-19-11-18(12-26(27,28)29)38-21(19)31-16-30-20/h11,16-17,37H,5-10,12-15H2,1-4H3/t24-/m0/s1. The second-order valence-corrected chi connectivity index (χ2v) is 14.3. The zero-order chi connectivity index (χ0) is 27.5. The van der Waals surface area contributed by atoms with Gasteiger partial charge < -0.3 is 14.5 Å². The Morgan fingerprint density at radius 2 is 1.82 bits per heavy atom. The van der Waals surface area contributed by atoms with Crippen molar-refractivity contribution in [3.8, 4) is 0 Å². The third-order valence-electron chi connectivity index (χ3n) is 8.08. The molecule has 2 aromatic heterocycles. The Labute approximate surface area is 231 Å². The van der Waals surface area contributed by atoms with E-state index in [-0.39, 0.29) is 21.3 Å². The van der Waals surface area contributed by atoms with E-state index in [1.807, 2.05) is 20.8 Å². The van der Waals surface area contributed by atoms with Crippen LogP contribution >= 0.6 is 24.0 Å². The van der Waals surface area contributed by atoms with Crippen LogP contribution in [0.25, 0.3) is 10.2 Å². The van der Waals surface area contributed by atoms with Crippen molar-refractivity contribution in [2.75, 3.05) is 44.2 Å². The third-order valence-corrected chi connectivity index (χ3v) is 9.78. The van der Waals surface area contributed by atoms with Crippen LogP contribution in [0.5, 0.6) is 0 Å². The number of hydrogen-bond acceptors (Lipinski definition) is 8. The smallest absolute Gasteiger partial charge is 0.410 e. The number of nitrogens with zero attached hydrogens (tertiary/aromatic N) is 5. The molecule has 2 aromatic rings. The number of thiol groups is 1. The van der Waals surface area contributed by atoms with Gasteiger partial charge in [0.25, 0.3) is 0 Å². The lowest BCUT2D eigenvalue weighted by Gasteiger charge is -2.57. The van der Waals surface area contributed by atoms with E-state index in [9.17, 15) is 18.0 Å². The molecule has 3 saturated heterocycles. The molecule has 0 N–H and O–H groups in total. The van der Waals surface area contributed by atoms with Crippen LogP contribution in [0.1, 0.15) is 51.8 Å². The maximum Gasteiger partial charge on any atom is 0.410 e. The van der Waals surface area contributed by atoms with Crippen molar-refractivity contribution in [2.45, 2.75) is 70.0 Å². The van der Waals surface area contributed by atoms with Crippen molar-refractivity contribution in [3.63, 3.8) is 0 Å². The molecule has 12 heteroatoms. The first-order valence-corrected chi connectivity index (χ1v) is 14.4. The highest BCUT2D eigenvalue weighted by Crippen LogP contribution is 2.49. The highest BCUT2D eigenvalue weighted by Gasteiger charge is 2.54. The lowest BCUT2D eigenvalue weighted by atomic mass is 9.75. The van der Waals surface area contributed by atoms with E-state index in [0.717, 1.165) is 62.6 Å². The Bertz CT molecular complexity index is 1180. The number of aromatic nitrogens is 2. The van der Waals surface area contributed by atoms with Crippen molar-refractivity contribution in [1.82, 2.24) is 19.8 Å². The van der Waals surface area contributed by atoms with Gasteiger partial charge in [0, 0.05) is 49.6 Å². The van der Waals surface area contributed by atoms with Crippen LogP contribution in [0, 0.1) is 11.3 Å². The molecular formula is C26H36F3N5O2S2. The average molecular weight is 572 g/mol. The van der Waals surface area contributed by atoms with Crippen LogP contribution in [0.2, 0.25) is 0 Å². The summed E-state index contributed by atoms with van der Waals surface area (Å²) in [6, 6.07) is 1.61. The number of amides is 1. The Morgan fingerprint density at radius 3 is 2.45 bits per heavy atom. The lowest BCUT2D eigenvalue weighted by Crippen LogP contribution is -2.66. The number of ether oxygens (including phenoxy) is 1. The first-order chi connectivity index (χ1) is 17.6. The molecule has 5 heterocycles. The van der Waals surface area contributed by atoms with Crippen molar-refractivity contribution in [3.05, 3.63) is 17.3 Å². The quantitative estimate of drug-likeness (QED) is 0.482. The molecule has 3 aliphatic rings. The second kappa shape index (κ2) is 9.69. The summed E-state index contributed by atoms with van der Waals surface area (Å²) in [5.41, 5.74) is -0.372. The van der Waals surface area contributed by atoms with Crippen LogP contribution in [0.3, 0.4) is 0 Å². The van der Waals surface area contributed by atoms with Crippen LogP contribution in [-0.4, -0.2) is 81.8 Å². The van der Waals surface area contributed by atoms with E-state index in [1.165, 1.54) is 6.33 Å². The number of piperidine rings is 1. The summed E-state index contributed by atoms with van der Waals surface area (Å²) in [5, 5.41) is 0.709. The fourth-order valence-corrected chi connectivity index (χ4v) is 7.50. The number of fused-ring (bicyclic) bond motifs is 1. The Morgan fingerprint density at radius 1 is 1.13 bits per heavy atom. The Kier molecular flexibility index (Phi) is 7.08. The van der Waals surface area contributed by atoms with Gasteiger partial charge >= 0.3 is 12.3 Å². The number of carbonyl (C=O) groups excluding carboxylic acids is 1. The number of carbonyl (C=O) groups is 1. The van der Waals surface area contributed by atoms with Gasteiger partial charge in [-0.1, -0.05) is 0 Å². The molecule has 0 bridgehead atoms. The summed E-state index contributed by atoms with van der Waals surface area (Å²) >= 11 is 6.22. The van der Waals surface area contributed by atoms with Gasteiger partial charge in [0.05, 0.1) is 16.7 Å². The topological polar surface area (TPSA) is 61.8 Å². The minimum absolute atomic E-state index is 0.128. The third kappa shape index (κ3) is 5.72. The first kappa shape index (κ1) is 27.8. The van der Waals surface area contributed by atoms with Gasteiger partial charge in [-0.05, 0) is 58.9 Å². The van der Waals surface area contributed by atoms with E-state index < -0.39 is 18.2 Å². The van der Waals surface area contributed by atoms with E-state index in [2.05, 4.69) is 26.7 Å². The molecule has 5 rings (SSSR count). The molecule has 0 saturated carbocycles.